The molecule has 0 saturated heterocycles. The van der Waals surface area contributed by atoms with Crippen LogP contribution < -0.4 is 15.4 Å². The number of nitrogens with zero attached hydrogens (tertiary/aromatic N) is 1. The van der Waals surface area contributed by atoms with Crippen molar-refractivity contribution in [3.05, 3.63) is 74.7 Å². The van der Waals surface area contributed by atoms with E-state index in [9.17, 15) is 4.79 Å². The maximum absolute atomic E-state index is 12.8. The van der Waals surface area contributed by atoms with E-state index in [-0.39, 0.29) is 21.4 Å². The summed E-state index contributed by atoms with van der Waals surface area (Å²) in [5, 5.41) is 6.59. The van der Waals surface area contributed by atoms with E-state index in [1.54, 1.807) is 18.2 Å². The van der Waals surface area contributed by atoms with Gasteiger partial charge in [-0.1, -0.05) is 54.7 Å². The van der Waals surface area contributed by atoms with Crippen LogP contribution in [-0.2, 0) is 0 Å². The first kappa shape index (κ1) is 25.3. The number of carbonyl (C=O) groups excluding carboxylic acids is 1. The van der Waals surface area contributed by atoms with E-state index in [4.69, 9.17) is 56.2 Å². The Morgan fingerprint density at radius 1 is 1.06 bits per heavy atom. The maximum atomic E-state index is 12.8. The number of hydrogen-bond donors (Lipinski definition) is 2. The number of thiocarbonyl (C=S) groups is 1. The summed E-state index contributed by atoms with van der Waals surface area (Å²) < 4.78 is 11.2. The van der Waals surface area contributed by atoms with Crippen molar-refractivity contribution in [2.45, 2.75) is 19.8 Å². The van der Waals surface area contributed by atoms with E-state index < -0.39 is 5.91 Å². The van der Waals surface area contributed by atoms with Gasteiger partial charge in [0.05, 0.1) is 28.3 Å². The van der Waals surface area contributed by atoms with E-state index >= 15 is 0 Å². The van der Waals surface area contributed by atoms with Gasteiger partial charge >= 0.3 is 0 Å². The Labute approximate surface area is 222 Å². The van der Waals surface area contributed by atoms with Crippen LogP contribution in [0.2, 0.25) is 15.1 Å². The van der Waals surface area contributed by atoms with Crippen molar-refractivity contribution in [3.63, 3.8) is 0 Å². The Morgan fingerprint density at radius 2 is 1.83 bits per heavy atom. The summed E-state index contributed by atoms with van der Waals surface area (Å²) in [4.78, 5) is 17.4. The van der Waals surface area contributed by atoms with E-state index in [1.165, 1.54) is 19.2 Å². The summed E-state index contributed by atoms with van der Waals surface area (Å²) >= 11 is 23.9. The largest absolute Gasteiger partial charge is 0.494 e. The predicted octanol–water partition coefficient (Wildman–Crippen LogP) is 7.71. The van der Waals surface area contributed by atoms with E-state index in [1.807, 2.05) is 18.2 Å². The average molecular weight is 549 g/mol. The van der Waals surface area contributed by atoms with Gasteiger partial charge in [0.25, 0.3) is 5.91 Å². The van der Waals surface area contributed by atoms with Crippen LogP contribution in [0.1, 0.15) is 35.7 Å². The highest BCUT2D eigenvalue weighted by atomic mass is 35.5. The number of halogens is 3. The molecule has 0 spiro atoms. The molecule has 2 N–H and O–H groups in total. The van der Waals surface area contributed by atoms with Crippen molar-refractivity contribution in [2.24, 2.45) is 0 Å². The van der Waals surface area contributed by atoms with Gasteiger partial charge in [-0.25, -0.2) is 4.98 Å². The number of amides is 1. The molecule has 0 atom stereocenters. The molecule has 0 radical (unpaired) electrons. The molecule has 6 nitrogen and oxygen atoms in total. The van der Waals surface area contributed by atoms with Gasteiger partial charge in [0.2, 0.25) is 5.89 Å². The number of methoxy groups -OCH3 is 1. The molecule has 0 unspecified atom stereocenters. The van der Waals surface area contributed by atoms with Crippen LogP contribution in [0.25, 0.3) is 22.6 Å². The van der Waals surface area contributed by atoms with Gasteiger partial charge in [-0.05, 0) is 66.2 Å². The number of benzene rings is 3. The van der Waals surface area contributed by atoms with Crippen molar-refractivity contribution in [1.82, 2.24) is 10.3 Å². The topological polar surface area (TPSA) is 76.4 Å². The fourth-order valence-electron chi connectivity index (χ4n) is 3.45. The summed E-state index contributed by atoms with van der Waals surface area (Å²) in [5.41, 5.74) is 3.89. The smallest absolute Gasteiger partial charge is 0.261 e. The number of rotatable bonds is 5. The number of hydrogen-bond acceptors (Lipinski definition) is 5. The Kier molecular flexibility index (Phi) is 7.52. The maximum Gasteiger partial charge on any atom is 0.261 e. The normalized spacial score (nSPS) is 11.1. The Bertz CT molecular complexity index is 1450. The Hall–Kier alpha value is -2.84. The van der Waals surface area contributed by atoms with Gasteiger partial charge in [-0.3, -0.25) is 10.1 Å². The monoisotopic (exact) mass is 547 g/mol. The lowest BCUT2D eigenvalue weighted by Gasteiger charge is -2.13. The number of nitrogens with one attached hydrogen (secondary N) is 2. The molecule has 4 aromatic rings. The molecule has 35 heavy (non-hydrogen) atoms. The van der Waals surface area contributed by atoms with Crippen molar-refractivity contribution in [1.29, 1.82) is 0 Å². The minimum atomic E-state index is -0.530. The lowest BCUT2D eigenvalue weighted by atomic mass is 10.0. The van der Waals surface area contributed by atoms with Gasteiger partial charge in [0.15, 0.2) is 10.7 Å². The van der Waals surface area contributed by atoms with Gasteiger partial charge in [0.1, 0.15) is 11.3 Å². The molecule has 1 amide bonds. The van der Waals surface area contributed by atoms with Crippen LogP contribution in [0.3, 0.4) is 0 Å². The molecule has 180 valence electrons. The molecule has 0 aliphatic carbocycles. The molecule has 0 aliphatic rings. The molecule has 0 fully saturated rings. The lowest BCUT2D eigenvalue weighted by Crippen LogP contribution is -2.34. The van der Waals surface area contributed by atoms with Crippen LogP contribution >= 0.6 is 47.0 Å². The Balaban J connectivity index is 1.55. The summed E-state index contributed by atoms with van der Waals surface area (Å²) in [6.45, 7) is 4.24. The third kappa shape index (κ3) is 5.54. The fourth-order valence-corrected chi connectivity index (χ4v) is 4.43. The van der Waals surface area contributed by atoms with Crippen LogP contribution in [-0.4, -0.2) is 23.1 Å². The molecule has 4 rings (SSSR count). The zero-order chi connectivity index (χ0) is 25.3. The summed E-state index contributed by atoms with van der Waals surface area (Å²) in [5.74, 6) is 0.414. The first-order valence-corrected chi connectivity index (χ1v) is 12.1. The zero-order valence-corrected chi connectivity index (χ0v) is 22.0. The minimum Gasteiger partial charge on any atom is -0.494 e. The fraction of sp³-hybridized carbons (Fsp3) is 0.160. The molecule has 1 heterocycles. The molecular weight excluding hydrogens is 529 g/mol. The van der Waals surface area contributed by atoms with Gasteiger partial charge in [-0.2, -0.15) is 0 Å². The summed E-state index contributed by atoms with van der Waals surface area (Å²) in [6, 6.07) is 14.0. The van der Waals surface area contributed by atoms with Crippen molar-refractivity contribution in [2.75, 3.05) is 12.4 Å². The number of aromatic nitrogens is 1. The number of anilines is 1. The first-order chi connectivity index (χ1) is 16.7. The van der Waals surface area contributed by atoms with Gasteiger partial charge in [-0.15, -0.1) is 0 Å². The van der Waals surface area contributed by atoms with Crippen molar-refractivity contribution >= 4 is 74.8 Å². The second-order valence-electron chi connectivity index (χ2n) is 7.97. The second-order valence-corrected chi connectivity index (χ2v) is 9.63. The highest BCUT2D eigenvalue weighted by Crippen LogP contribution is 2.34. The van der Waals surface area contributed by atoms with Crippen LogP contribution in [0, 0.1) is 0 Å². The quantitative estimate of drug-likeness (QED) is 0.249. The highest BCUT2D eigenvalue weighted by molar-refractivity contribution is 7.80. The summed E-state index contributed by atoms with van der Waals surface area (Å²) in [7, 11) is 1.41. The van der Waals surface area contributed by atoms with E-state index in [0.717, 1.165) is 11.1 Å². The third-order valence-corrected chi connectivity index (χ3v) is 6.25. The highest BCUT2D eigenvalue weighted by Gasteiger charge is 2.19. The van der Waals surface area contributed by atoms with Crippen LogP contribution in [0.5, 0.6) is 5.75 Å². The summed E-state index contributed by atoms with van der Waals surface area (Å²) in [6.07, 6.45) is 0. The molecule has 3 aromatic carbocycles. The van der Waals surface area contributed by atoms with Crippen molar-refractivity contribution < 1.29 is 13.9 Å². The van der Waals surface area contributed by atoms with Crippen molar-refractivity contribution in [3.8, 4) is 17.2 Å². The average Bonchev–Trinajstić information content (AvgIpc) is 3.23. The number of ether oxygens (including phenoxy) is 1. The zero-order valence-electron chi connectivity index (χ0n) is 18.9. The first-order valence-electron chi connectivity index (χ1n) is 10.5. The molecule has 0 bridgehead atoms. The van der Waals surface area contributed by atoms with Crippen LogP contribution in [0.4, 0.5) is 5.69 Å². The predicted molar refractivity (Wildman–Crippen MR) is 145 cm³/mol. The lowest BCUT2D eigenvalue weighted by molar-refractivity contribution is 0.0974. The number of oxazole rings is 1. The SMILES string of the molecule is COc1c(Cl)cc(Cl)cc1C(=O)NC(=S)Nc1ccc(Cl)c(-c2nc3cc(C(C)C)ccc3o2)c1. The van der Waals surface area contributed by atoms with Gasteiger partial charge < -0.3 is 14.5 Å². The molecule has 0 saturated carbocycles. The second kappa shape index (κ2) is 10.4. The van der Waals surface area contributed by atoms with Crippen LogP contribution in [0.15, 0.2) is 52.9 Å². The third-order valence-electron chi connectivity index (χ3n) is 5.22. The van der Waals surface area contributed by atoms with E-state index in [2.05, 4.69) is 29.5 Å². The molecule has 0 aliphatic heterocycles. The molecular formula is C25H20Cl3N3O3S. The van der Waals surface area contributed by atoms with E-state index in [0.29, 0.717) is 38.7 Å². The molecule has 10 heteroatoms. The Morgan fingerprint density at radius 3 is 2.54 bits per heavy atom. The minimum absolute atomic E-state index is 0.0561. The van der Waals surface area contributed by atoms with Gasteiger partial charge in [0, 0.05) is 10.7 Å². The number of fused-ring (bicyclic) bond motifs is 1. The number of carbonyl (C=O) groups is 1. The molecule has 1 aromatic heterocycles. The standard InChI is InChI=1S/C25H20Cl3N3O3S/c1-12(2)13-4-7-21-20(8-13)30-24(34-21)16-11-15(5-6-18(16)27)29-25(35)31-23(32)17-9-14(26)10-19(28)22(17)33-3/h4-12H,1-3H3,(H2,29,31,32,35).